The zero-order chi connectivity index (χ0) is 19.9. The number of benzene rings is 1. The van der Waals surface area contributed by atoms with E-state index in [0.29, 0.717) is 18.9 Å². The molecule has 0 saturated carbocycles. The first-order valence-electron chi connectivity index (χ1n) is 9.95. The quantitative estimate of drug-likeness (QED) is 0.737. The van der Waals surface area contributed by atoms with Gasteiger partial charge in [0, 0.05) is 33.1 Å². The van der Waals surface area contributed by atoms with Gasteiger partial charge in [0.15, 0.2) is 0 Å². The standard InChI is InChI=1S/C21H29N5O2/c1-17(26-16-22-15-23-26)21(28)25-12-10-18(11-13-25)8-9-20(27)24(2)14-19-6-4-3-5-7-19/h3-7,15-18H,8-14H2,1-2H3. The van der Waals surface area contributed by atoms with E-state index in [0.717, 1.165) is 37.9 Å². The molecule has 0 radical (unpaired) electrons. The fraction of sp³-hybridized carbons (Fsp3) is 0.524. The highest BCUT2D eigenvalue weighted by Gasteiger charge is 2.27. The van der Waals surface area contributed by atoms with Gasteiger partial charge in [0.25, 0.3) is 0 Å². The van der Waals surface area contributed by atoms with Crippen LogP contribution in [0.5, 0.6) is 0 Å². The normalized spacial score (nSPS) is 16.0. The van der Waals surface area contributed by atoms with Gasteiger partial charge >= 0.3 is 0 Å². The van der Waals surface area contributed by atoms with E-state index in [1.807, 2.05) is 49.2 Å². The van der Waals surface area contributed by atoms with E-state index >= 15 is 0 Å². The number of nitrogens with zero attached hydrogens (tertiary/aromatic N) is 5. The molecule has 2 heterocycles. The highest BCUT2D eigenvalue weighted by atomic mass is 16.2. The summed E-state index contributed by atoms with van der Waals surface area (Å²) < 4.78 is 1.59. The summed E-state index contributed by atoms with van der Waals surface area (Å²) in [4.78, 5) is 32.7. The number of piperidine rings is 1. The summed E-state index contributed by atoms with van der Waals surface area (Å²) in [5, 5.41) is 4.06. The van der Waals surface area contributed by atoms with Gasteiger partial charge in [-0.1, -0.05) is 30.3 Å². The number of rotatable bonds is 7. The smallest absolute Gasteiger partial charge is 0.247 e. The van der Waals surface area contributed by atoms with Crippen molar-refractivity contribution in [3.05, 3.63) is 48.5 Å². The fourth-order valence-corrected chi connectivity index (χ4v) is 3.70. The Kier molecular flexibility index (Phi) is 6.79. The molecule has 2 aromatic rings. The molecule has 3 rings (SSSR count). The number of carbonyl (C=O) groups is 2. The lowest BCUT2D eigenvalue weighted by Crippen LogP contribution is -2.42. The van der Waals surface area contributed by atoms with Gasteiger partial charge in [-0.2, -0.15) is 5.10 Å². The van der Waals surface area contributed by atoms with E-state index in [-0.39, 0.29) is 17.9 Å². The van der Waals surface area contributed by atoms with E-state index in [4.69, 9.17) is 0 Å². The number of hydrogen-bond acceptors (Lipinski definition) is 4. The Bertz CT molecular complexity index is 754. The molecule has 1 aromatic heterocycles. The maximum atomic E-state index is 12.6. The Morgan fingerprint density at radius 3 is 2.57 bits per heavy atom. The zero-order valence-corrected chi connectivity index (χ0v) is 16.7. The van der Waals surface area contributed by atoms with Crippen molar-refractivity contribution in [1.29, 1.82) is 0 Å². The Morgan fingerprint density at radius 2 is 1.93 bits per heavy atom. The SMILES string of the molecule is CC(C(=O)N1CCC(CCC(=O)N(C)Cc2ccccc2)CC1)n1cncn1. The number of aromatic nitrogens is 3. The van der Waals surface area contributed by atoms with E-state index in [1.165, 1.54) is 6.33 Å². The molecule has 1 saturated heterocycles. The molecular weight excluding hydrogens is 354 g/mol. The van der Waals surface area contributed by atoms with Gasteiger partial charge < -0.3 is 9.80 Å². The summed E-state index contributed by atoms with van der Waals surface area (Å²) in [6, 6.07) is 9.72. The van der Waals surface area contributed by atoms with Crippen LogP contribution in [-0.2, 0) is 16.1 Å². The van der Waals surface area contributed by atoms with E-state index in [9.17, 15) is 9.59 Å². The molecule has 0 aliphatic carbocycles. The minimum absolute atomic E-state index is 0.0858. The van der Waals surface area contributed by atoms with Gasteiger partial charge in [0.1, 0.15) is 18.7 Å². The summed E-state index contributed by atoms with van der Waals surface area (Å²) in [6.45, 7) is 3.99. The van der Waals surface area contributed by atoms with Crippen molar-refractivity contribution in [2.24, 2.45) is 5.92 Å². The maximum Gasteiger partial charge on any atom is 0.247 e. The average Bonchev–Trinajstić information content (AvgIpc) is 3.27. The first-order chi connectivity index (χ1) is 13.5. The molecule has 1 aliphatic rings. The van der Waals surface area contributed by atoms with E-state index in [1.54, 1.807) is 15.9 Å². The summed E-state index contributed by atoms with van der Waals surface area (Å²) >= 11 is 0. The Balaban J connectivity index is 1.39. The molecule has 1 atom stereocenters. The van der Waals surface area contributed by atoms with Crippen LogP contribution in [0, 0.1) is 5.92 Å². The van der Waals surface area contributed by atoms with Crippen molar-refractivity contribution in [3.63, 3.8) is 0 Å². The lowest BCUT2D eigenvalue weighted by Gasteiger charge is -2.33. The molecule has 0 N–H and O–H groups in total. The fourth-order valence-electron chi connectivity index (χ4n) is 3.70. The van der Waals surface area contributed by atoms with Crippen LogP contribution >= 0.6 is 0 Å². The number of hydrogen-bond donors (Lipinski definition) is 0. The molecule has 7 nitrogen and oxygen atoms in total. The first kappa shape index (κ1) is 20.0. The van der Waals surface area contributed by atoms with Crippen LogP contribution in [-0.4, -0.2) is 56.5 Å². The average molecular weight is 383 g/mol. The lowest BCUT2D eigenvalue weighted by molar-refractivity contribution is -0.136. The van der Waals surface area contributed by atoms with Crippen LogP contribution < -0.4 is 0 Å². The molecule has 150 valence electrons. The molecule has 1 aromatic carbocycles. The van der Waals surface area contributed by atoms with Crippen molar-refractivity contribution in [2.45, 2.75) is 45.2 Å². The van der Waals surface area contributed by atoms with Crippen molar-refractivity contribution in [2.75, 3.05) is 20.1 Å². The summed E-state index contributed by atoms with van der Waals surface area (Å²) in [5.41, 5.74) is 1.15. The second-order valence-corrected chi connectivity index (χ2v) is 7.59. The summed E-state index contributed by atoms with van der Waals surface area (Å²) in [6.07, 6.45) is 6.38. The van der Waals surface area contributed by atoms with Gasteiger partial charge in [-0.3, -0.25) is 9.59 Å². The van der Waals surface area contributed by atoms with Crippen molar-refractivity contribution < 1.29 is 9.59 Å². The molecule has 28 heavy (non-hydrogen) atoms. The van der Waals surface area contributed by atoms with Crippen molar-refractivity contribution in [1.82, 2.24) is 24.6 Å². The highest BCUT2D eigenvalue weighted by Crippen LogP contribution is 2.24. The summed E-state index contributed by atoms with van der Waals surface area (Å²) in [7, 11) is 1.86. The van der Waals surface area contributed by atoms with Crippen LogP contribution in [0.2, 0.25) is 0 Å². The predicted octanol–water partition coefficient (Wildman–Crippen LogP) is 2.52. The zero-order valence-electron chi connectivity index (χ0n) is 16.7. The molecular formula is C21H29N5O2. The van der Waals surface area contributed by atoms with Gasteiger partial charge in [-0.25, -0.2) is 9.67 Å². The van der Waals surface area contributed by atoms with Crippen molar-refractivity contribution in [3.8, 4) is 0 Å². The summed E-state index contributed by atoms with van der Waals surface area (Å²) in [5.74, 6) is 0.768. The third-order valence-electron chi connectivity index (χ3n) is 5.57. The van der Waals surface area contributed by atoms with Gasteiger partial charge in [-0.15, -0.1) is 0 Å². The topological polar surface area (TPSA) is 71.3 Å². The molecule has 0 spiro atoms. The van der Waals surface area contributed by atoms with Crippen LogP contribution in [0.15, 0.2) is 43.0 Å². The van der Waals surface area contributed by atoms with Crippen LogP contribution in [0.4, 0.5) is 0 Å². The minimum Gasteiger partial charge on any atom is -0.341 e. The van der Waals surface area contributed by atoms with E-state index in [2.05, 4.69) is 10.1 Å². The Labute approximate surface area is 166 Å². The van der Waals surface area contributed by atoms with Crippen LogP contribution in [0.3, 0.4) is 0 Å². The molecule has 1 aliphatic heterocycles. The first-order valence-corrected chi connectivity index (χ1v) is 9.95. The second kappa shape index (κ2) is 9.48. The Morgan fingerprint density at radius 1 is 1.21 bits per heavy atom. The molecule has 2 amide bonds. The van der Waals surface area contributed by atoms with Gasteiger partial charge in [0.2, 0.25) is 11.8 Å². The third kappa shape index (κ3) is 5.18. The molecule has 1 unspecified atom stereocenters. The van der Waals surface area contributed by atoms with Crippen LogP contribution in [0.1, 0.15) is 44.2 Å². The monoisotopic (exact) mass is 383 g/mol. The van der Waals surface area contributed by atoms with Gasteiger partial charge in [0.05, 0.1) is 0 Å². The molecule has 0 bridgehead atoms. The number of amides is 2. The van der Waals surface area contributed by atoms with Crippen LogP contribution in [0.25, 0.3) is 0 Å². The number of carbonyl (C=O) groups excluding carboxylic acids is 2. The van der Waals surface area contributed by atoms with Crippen molar-refractivity contribution >= 4 is 11.8 Å². The second-order valence-electron chi connectivity index (χ2n) is 7.59. The van der Waals surface area contributed by atoms with Gasteiger partial charge in [-0.05, 0) is 37.7 Å². The molecule has 1 fully saturated rings. The molecule has 7 heteroatoms. The third-order valence-corrected chi connectivity index (χ3v) is 5.57. The number of likely N-dealkylation sites (tertiary alicyclic amines) is 1. The Hall–Kier alpha value is -2.70. The highest BCUT2D eigenvalue weighted by molar-refractivity contribution is 5.80. The minimum atomic E-state index is -0.327. The predicted molar refractivity (Wildman–Crippen MR) is 106 cm³/mol. The maximum absolute atomic E-state index is 12.6. The lowest BCUT2D eigenvalue weighted by atomic mass is 9.91. The largest absolute Gasteiger partial charge is 0.341 e. The van der Waals surface area contributed by atoms with E-state index < -0.39 is 0 Å².